The summed E-state index contributed by atoms with van der Waals surface area (Å²) in [5.74, 6) is 1.22. The van der Waals surface area contributed by atoms with Gasteiger partial charge in [0.25, 0.3) is 0 Å². The van der Waals surface area contributed by atoms with E-state index in [-0.39, 0.29) is 17.0 Å². The van der Waals surface area contributed by atoms with Gasteiger partial charge in [-0.3, -0.25) is 9.36 Å². The summed E-state index contributed by atoms with van der Waals surface area (Å²) in [5, 5.41) is 12.0. The van der Waals surface area contributed by atoms with Crippen molar-refractivity contribution in [2.75, 3.05) is 18.0 Å². The van der Waals surface area contributed by atoms with Crippen molar-refractivity contribution in [2.45, 2.75) is 43.3 Å². The fourth-order valence-electron chi connectivity index (χ4n) is 3.36. The molecule has 4 rings (SSSR count). The van der Waals surface area contributed by atoms with E-state index >= 15 is 0 Å². The lowest BCUT2D eigenvalue weighted by Crippen LogP contribution is -2.30. The van der Waals surface area contributed by atoms with Gasteiger partial charge in [0.2, 0.25) is 11.9 Å². The fourth-order valence-corrected chi connectivity index (χ4v) is 4.23. The molecule has 1 aliphatic rings. The first kappa shape index (κ1) is 20.5. The van der Waals surface area contributed by atoms with E-state index < -0.39 is 0 Å². The molecule has 1 saturated heterocycles. The van der Waals surface area contributed by atoms with Crippen molar-refractivity contribution in [2.24, 2.45) is 0 Å². The third-order valence-corrected chi connectivity index (χ3v) is 6.09. The van der Waals surface area contributed by atoms with Gasteiger partial charge in [-0.15, -0.1) is 10.2 Å². The van der Waals surface area contributed by atoms with Crippen LogP contribution in [0.25, 0.3) is 0 Å². The smallest absolute Gasteiger partial charge is 0.233 e. The summed E-state index contributed by atoms with van der Waals surface area (Å²) in [7, 11) is 0. The number of carbonyl (C=O) groups is 1. The lowest BCUT2D eigenvalue weighted by molar-refractivity contribution is -0.120. The Bertz CT molecular complexity index is 968. The fraction of sp³-hybridized carbons (Fsp3) is 0.381. The lowest BCUT2D eigenvalue weighted by Gasteiger charge is -2.18. The van der Waals surface area contributed by atoms with E-state index in [2.05, 4.69) is 20.4 Å². The van der Waals surface area contributed by atoms with Gasteiger partial charge in [0, 0.05) is 19.6 Å². The predicted octanol–water partition coefficient (Wildman–Crippen LogP) is 3.46. The van der Waals surface area contributed by atoms with Crippen LogP contribution in [0.4, 0.5) is 10.3 Å². The maximum atomic E-state index is 13.0. The van der Waals surface area contributed by atoms with E-state index in [1.807, 2.05) is 23.6 Å². The molecule has 9 heteroatoms. The minimum absolute atomic E-state index is 0.111. The van der Waals surface area contributed by atoms with E-state index in [1.54, 1.807) is 18.4 Å². The zero-order valence-corrected chi connectivity index (χ0v) is 17.6. The molecule has 3 heterocycles. The molecule has 2 aromatic heterocycles. The zero-order valence-electron chi connectivity index (χ0n) is 16.8. The molecule has 30 heavy (non-hydrogen) atoms. The van der Waals surface area contributed by atoms with Gasteiger partial charge in [-0.1, -0.05) is 23.9 Å². The maximum absolute atomic E-state index is 13.0. The third kappa shape index (κ3) is 4.84. The summed E-state index contributed by atoms with van der Waals surface area (Å²) in [6, 6.07) is 9.87. The summed E-state index contributed by atoms with van der Waals surface area (Å²) in [4.78, 5) is 14.8. The number of hydrogen-bond acceptors (Lipinski definition) is 6. The van der Waals surface area contributed by atoms with Crippen molar-refractivity contribution in [3.05, 3.63) is 59.8 Å². The normalized spacial score (nSPS) is 14.8. The van der Waals surface area contributed by atoms with Crippen LogP contribution >= 0.6 is 11.8 Å². The number of thioether (sulfide) groups is 1. The van der Waals surface area contributed by atoms with E-state index in [1.165, 1.54) is 23.9 Å². The molecule has 0 bridgehead atoms. The Morgan fingerprint density at radius 2 is 2.00 bits per heavy atom. The molecule has 1 atom stereocenters. The Balaban J connectivity index is 1.44. The second kappa shape index (κ2) is 9.34. The van der Waals surface area contributed by atoms with Crippen LogP contribution < -0.4 is 10.2 Å². The first-order chi connectivity index (χ1) is 14.6. The van der Waals surface area contributed by atoms with E-state index in [0.717, 1.165) is 43.2 Å². The second-order valence-corrected chi connectivity index (χ2v) is 8.55. The number of aromatic nitrogens is 3. The van der Waals surface area contributed by atoms with Crippen LogP contribution in [0.15, 0.2) is 52.2 Å². The van der Waals surface area contributed by atoms with Crippen LogP contribution in [0.5, 0.6) is 0 Å². The number of nitrogens with zero attached hydrogens (tertiary/aromatic N) is 4. The number of carbonyl (C=O) groups excluding carboxylic acids is 1. The lowest BCUT2D eigenvalue weighted by atomic mass is 10.2. The molecule has 0 aliphatic carbocycles. The van der Waals surface area contributed by atoms with Gasteiger partial charge in [-0.05, 0) is 49.6 Å². The highest BCUT2D eigenvalue weighted by atomic mass is 32.2. The molecule has 1 aliphatic heterocycles. The molecular formula is C21H24FN5O2S. The van der Waals surface area contributed by atoms with Crippen LogP contribution in [0.2, 0.25) is 0 Å². The summed E-state index contributed by atoms with van der Waals surface area (Å²) >= 11 is 1.37. The van der Waals surface area contributed by atoms with Gasteiger partial charge in [0.05, 0.1) is 18.1 Å². The largest absolute Gasteiger partial charge is 0.467 e. The Hall–Kier alpha value is -2.81. The highest BCUT2D eigenvalue weighted by Crippen LogP contribution is 2.28. The first-order valence-electron chi connectivity index (χ1n) is 9.99. The highest BCUT2D eigenvalue weighted by Gasteiger charge is 2.24. The van der Waals surface area contributed by atoms with Crippen LogP contribution in [0.3, 0.4) is 0 Å². The quantitative estimate of drug-likeness (QED) is 0.553. The highest BCUT2D eigenvalue weighted by molar-refractivity contribution is 8.00. The molecule has 7 nitrogen and oxygen atoms in total. The number of amides is 1. The average Bonchev–Trinajstić information content (AvgIpc) is 3.51. The van der Waals surface area contributed by atoms with Gasteiger partial charge in [-0.25, -0.2) is 4.39 Å². The monoisotopic (exact) mass is 429 g/mol. The summed E-state index contributed by atoms with van der Waals surface area (Å²) in [6.07, 6.45) is 3.92. The average molecular weight is 430 g/mol. The third-order valence-electron chi connectivity index (χ3n) is 5.01. The minimum atomic E-state index is -0.364. The summed E-state index contributed by atoms with van der Waals surface area (Å²) in [6.45, 7) is 4.61. The zero-order chi connectivity index (χ0) is 20.9. The maximum Gasteiger partial charge on any atom is 0.233 e. The molecule has 1 amide bonds. The van der Waals surface area contributed by atoms with Crippen molar-refractivity contribution in [3.8, 4) is 0 Å². The molecule has 0 spiro atoms. The second-order valence-electron chi connectivity index (χ2n) is 7.25. The van der Waals surface area contributed by atoms with Crippen LogP contribution in [0, 0.1) is 5.82 Å². The van der Waals surface area contributed by atoms with Gasteiger partial charge >= 0.3 is 0 Å². The molecule has 0 radical (unpaired) electrons. The van der Waals surface area contributed by atoms with Crippen LogP contribution in [-0.4, -0.2) is 39.0 Å². The molecule has 0 saturated carbocycles. The number of nitrogens with one attached hydrogen (secondary N) is 1. The number of halogens is 1. The van der Waals surface area contributed by atoms with Crippen LogP contribution in [-0.2, 0) is 17.9 Å². The standard InChI is InChI=1S/C21H24FN5O2S/c1-15(19(28)23-13-16-6-8-17(22)9-7-16)30-21-25-24-20(26-10-2-3-11-26)27(21)14-18-5-4-12-29-18/h4-9,12,15H,2-3,10-11,13-14H2,1H3,(H,23,28). The van der Waals surface area contributed by atoms with Crippen molar-refractivity contribution in [1.29, 1.82) is 0 Å². The van der Waals surface area contributed by atoms with Gasteiger partial charge < -0.3 is 14.6 Å². The number of hydrogen-bond donors (Lipinski definition) is 1. The minimum Gasteiger partial charge on any atom is -0.467 e. The van der Waals surface area contributed by atoms with Crippen molar-refractivity contribution >= 4 is 23.6 Å². The van der Waals surface area contributed by atoms with Gasteiger partial charge in [-0.2, -0.15) is 0 Å². The Labute approximate surface area is 178 Å². The Morgan fingerprint density at radius 3 is 2.70 bits per heavy atom. The molecule has 1 fully saturated rings. The van der Waals surface area contributed by atoms with Gasteiger partial charge in [0.1, 0.15) is 11.6 Å². The molecular weight excluding hydrogens is 405 g/mol. The number of benzene rings is 1. The van der Waals surface area contributed by atoms with Crippen molar-refractivity contribution in [3.63, 3.8) is 0 Å². The number of furan rings is 1. The predicted molar refractivity (Wildman–Crippen MR) is 113 cm³/mol. The summed E-state index contributed by atoms with van der Waals surface area (Å²) < 4.78 is 20.6. The number of anilines is 1. The van der Waals surface area contributed by atoms with Crippen molar-refractivity contribution < 1.29 is 13.6 Å². The molecule has 158 valence electrons. The van der Waals surface area contributed by atoms with E-state index in [0.29, 0.717) is 18.2 Å². The molecule has 1 aromatic carbocycles. The topological polar surface area (TPSA) is 76.2 Å². The van der Waals surface area contributed by atoms with E-state index in [9.17, 15) is 9.18 Å². The molecule has 1 unspecified atom stereocenters. The van der Waals surface area contributed by atoms with Gasteiger partial charge in [0.15, 0.2) is 5.16 Å². The Kier molecular flexibility index (Phi) is 6.37. The molecule has 1 N–H and O–H groups in total. The van der Waals surface area contributed by atoms with Crippen molar-refractivity contribution in [1.82, 2.24) is 20.1 Å². The summed E-state index contributed by atoms with van der Waals surface area (Å²) in [5.41, 5.74) is 0.847. The SMILES string of the molecule is CC(Sc1nnc(N2CCCC2)n1Cc1ccco1)C(=O)NCc1ccc(F)cc1. The van der Waals surface area contributed by atoms with Crippen LogP contribution in [0.1, 0.15) is 31.1 Å². The van der Waals surface area contributed by atoms with E-state index in [4.69, 9.17) is 4.42 Å². The first-order valence-corrected chi connectivity index (χ1v) is 10.9. The Morgan fingerprint density at radius 1 is 1.23 bits per heavy atom. The number of rotatable bonds is 8. The molecule has 3 aromatic rings.